The maximum absolute atomic E-state index is 12.5. The van der Waals surface area contributed by atoms with Crippen LogP contribution in [-0.2, 0) is 13.1 Å². The molecule has 1 heterocycles. The van der Waals surface area contributed by atoms with Crippen molar-refractivity contribution in [3.8, 4) is 5.75 Å². The van der Waals surface area contributed by atoms with Crippen molar-refractivity contribution in [1.29, 1.82) is 0 Å². The molecule has 0 bridgehead atoms. The van der Waals surface area contributed by atoms with Gasteiger partial charge >= 0.3 is 0 Å². The smallest absolute Gasteiger partial charge is 0.256 e. The lowest BCUT2D eigenvalue weighted by molar-refractivity contribution is 0.0767. The molecule has 0 unspecified atom stereocenters. The van der Waals surface area contributed by atoms with Gasteiger partial charge in [0.05, 0.1) is 17.7 Å². The van der Waals surface area contributed by atoms with E-state index in [2.05, 4.69) is 12.1 Å². The van der Waals surface area contributed by atoms with Crippen LogP contribution in [0.15, 0.2) is 36.4 Å². The first kappa shape index (κ1) is 14.0. The highest BCUT2D eigenvalue weighted by Gasteiger charge is 2.30. The van der Waals surface area contributed by atoms with Gasteiger partial charge < -0.3 is 9.64 Å². The van der Waals surface area contributed by atoms with Crippen molar-refractivity contribution < 1.29 is 9.53 Å². The summed E-state index contributed by atoms with van der Waals surface area (Å²) in [5.41, 5.74) is 3.86. The van der Waals surface area contributed by atoms with Crippen molar-refractivity contribution in [2.75, 3.05) is 7.11 Å². The van der Waals surface area contributed by atoms with Gasteiger partial charge in [0.15, 0.2) is 0 Å². The summed E-state index contributed by atoms with van der Waals surface area (Å²) in [4.78, 5) is 14.3. The van der Waals surface area contributed by atoms with E-state index in [-0.39, 0.29) is 5.91 Å². The summed E-state index contributed by atoms with van der Waals surface area (Å²) in [6.45, 7) is 3.21. The molecule has 21 heavy (non-hydrogen) atoms. The fourth-order valence-corrected chi connectivity index (χ4v) is 2.90. The van der Waals surface area contributed by atoms with Crippen molar-refractivity contribution in [3.05, 3.63) is 63.7 Å². The second-order valence-corrected chi connectivity index (χ2v) is 5.70. The van der Waals surface area contributed by atoms with Gasteiger partial charge in [-0.2, -0.15) is 0 Å². The van der Waals surface area contributed by atoms with E-state index < -0.39 is 0 Å². The maximum atomic E-state index is 12.5. The number of aryl methyl sites for hydroxylation is 1. The molecule has 0 saturated heterocycles. The summed E-state index contributed by atoms with van der Waals surface area (Å²) in [7, 11) is 1.60. The second kappa shape index (κ2) is 5.41. The Bertz CT molecular complexity index is 695. The topological polar surface area (TPSA) is 29.5 Å². The molecule has 3 nitrogen and oxygen atoms in total. The average Bonchev–Trinajstić information content (AvgIpc) is 2.78. The van der Waals surface area contributed by atoms with Crippen LogP contribution in [0.5, 0.6) is 5.75 Å². The number of amides is 1. The molecule has 108 valence electrons. The van der Waals surface area contributed by atoms with E-state index in [1.54, 1.807) is 18.1 Å². The number of halogens is 1. The first-order valence-corrected chi connectivity index (χ1v) is 7.17. The number of fused-ring (bicyclic) bond motifs is 1. The molecule has 0 aromatic heterocycles. The van der Waals surface area contributed by atoms with Crippen molar-refractivity contribution in [3.63, 3.8) is 0 Å². The molecule has 0 spiro atoms. The number of hydrogen-bond donors (Lipinski definition) is 0. The molecule has 1 aliphatic heterocycles. The van der Waals surface area contributed by atoms with E-state index in [1.165, 1.54) is 5.56 Å². The number of nitrogens with zero attached hydrogens (tertiary/aromatic N) is 1. The monoisotopic (exact) mass is 301 g/mol. The zero-order chi connectivity index (χ0) is 15.0. The van der Waals surface area contributed by atoms with Crippen LogP contribution in [0.1, 0.15) is 27.0 Å². The number of carbonyl (C=O) groups is 1. The molecule has 2 aromatic carbocycles. The Kier molecular flexibility index (Phi) is 3.60. The maximum Gasteiger partial charge on any atom is 0.256 e. The first-order valence-electron chi connectivity index (χ1n) is 6.79. The average molecular weight is 302 g/mol. The SMILES string of the molecule is COc1cc(Cl)c2c(c1)CN(Cc1ccc(C)cc1)C2=O. The predicted octanol–water partition coefficient (Wildman–Crippen LogP) is 3.81. The lowest BCUT2D eigenvalue weighted by atomic mass is 10.1. The normalized spacial score (nSPS) is 13.5. The van der Waals surface area contributed by atoms with Gasteiger partial charge in [-0.3, -0.25) is 4.79 Å². The largest absolute Gasteiger partial charge is 0.497 e. The van der Waals surface area contributed by atoms with Crippen LogP contribution in [0.25, 0.3) is 0 Å². The molecule has 1 amide bonds. The number of hydrogen-bond acceptors (Lipinski definition) is 2. The molecule has 0 fully saturated rings. The van der Waals surface area contributed by atoms with Crippen molar-refractivity contribution >= 4 is 17.5 Å². The van der Waals surface area contributed by atoms with Crippen molar-refractivity contribution in [2.24, 2.45) is 0 Å². The molecular formula is C17H16ClNO2. The number of rotatable bonds is 3. The highest BCUT2D eigenvalue weighted by atomic mass is 35.5. The summed E-state index contributed by atoms with van der Waals surface area (Å²) in [6, 6.07) is 11.8. The summed E-state index contributed by atoms with van der Waals surface area (Å²) in [5.74, 6) is 0.668. The van der Waals surface area contributed by atoms with Gasteiger partial charge in [-0.25, -0.2) is 0 Å². The summed E-state index contributed by atoms with van der Waals surface area (Å²) >= 11 is 6.21. The molecule has 0 radical (unpaired) electrons. The van der Waals surface area contributed by atoms with E-state index in [0.717, 1.165) is 11.1 Å². The Morgan fingerprint density at radius 1 is 1.24 bits per heavy atom. The minimum absolute atomic E-state index is 0.0155. The van der Waals surface area contributed by atoms with Crippen LogP contribution in [0.2, 0.25) is 5.02 Å². The first-order chi connectivity index (χ1) is 10.1. The number of benzene rings is 2. The van der Waals surface area contributed by atoms with Gasteiger partial charge in [-0.15, -0.1) is 0 Å². The van der Waals surface area contributed by atoms with Gasteiger partial charge in [0.2, 0.25) is 0 Å². The van der Waals surface area contributed by atoms with Crippen LogP contribution in [0.3, 0.4) is 0 Å². The quantitative estimate of drug-likeness (QED) is 0.862. The Hall–Kier alpha value is -2.00. The molecule has 0 aliphatic carbocycles. The number of methoxy groups -OCH3 is 1. The summed E-state index contributed by atoms with van der Waals surface area (Å²) < 4.78 is 5.21. The van der Waals surface area contributed by atoms with E-state index in [4.69, 9.17) is 16.3 Å². The molecule has 0 N–H and O–H groups in total. The summed E-state index contributed by atoms with van der Waals surface area (Å²) in [6.07, 6.45) is 0. The second-order valence-electron chi connectivity index (χ2n) is 5.29. The lowest BCUT2D eigenvalue weighted by Gasteiger charge is -2.15. The third-order valence-corrected chi connectivity index (χ3v) is 4.04. The fourth-order valence-electron chi connectivity index (χ4n) is 2.60. The van der Waals surface area contributed by atoms with E-state index in [9.17, 15) is 4.79 Å². The van der Waals surface area contributed by atoms with E-state index >= 15 is 0 Å². The molecule has 4 heteroatoms. The van der Waals surface area contributed by atoms with Gasteiger partial charge in [-0.05, 0) is 30.2 Å². The Balaban J connectivity index is 1.86. The Labute approximate surface area is 129 Å². The van der Waals surface area contributed by atoms with E-state index in [0.29, 0.717) is 29.4 Å². The molecule has 1 aliphatic rings. The van der Waals surface area contributed by atoms with Crippen LogP contribution < -0.4 is 4.74 Å². The highest BCUT2D eigenvalue weighted by Crippen LogP contribution is 2.33. The molecule has 0 atom stereocenters. The van der Waals surface area contributed by atoms with Crippen molar-refractivity contribution in [1.82, 2.24) is 4.90 Å². The van der Waals surface area contributed by atoms with Gasteiger partial charge in [0.1, 0.15) is 5.75 Å². The molecular weight excluding hydrogens is 286 g/mol. The summed E-state index contributed by atoms with van der Waals surface area (Å²) in [5, 5.41) is 0.459. The Morgan fingerprint density at radius 3 is 2.62 bits per heavy atom. The number of carbonyl (C=O) groups excluding carboxylic acids is 1. The molecule has 3 rings (SSSR count). The van der Waals surface area contributed by atoms with Crippen LogP contribution >= 0.6 is 11.6 Å². The minimum atomic E-state index is -0.0155. The van der Waals surface area contributed by atoms with Crippen LogP contribution in [-0.4, -0.2) is 17.9 Å². The van der Waals surface area contributed by atoms with Gasteiger partial charge in [0, 0.05) is 13.1 Å². The fraction of sp³-hybridized carbons (Fsp3) is 0.235. The van der Waals surface area contributed by atoms with Gasteiger partial charge in [0.25, 0.3) is 5.91 Å². The number of ether oxygens (including phenoxy) is 1. The van der Waals surface area contributed by atoms with Gasteiger partial charge in [-0.1, -0.05) is 41.4 Å². The zero-order valence-corrected chi connectivity index (χ0v) is 12.8. The van der Waals surface area contributed by atoms with Crippen molar-refractivity contribution in [2.45, 2.75) is 20.0 Å². The van der Waals surface area contributed by atoms with E-state index in [1.807, 2.05) is 25.1 Å². The third kappa shape index (κ3) is 2.61. The molecule has 2 aromatic rings. The highest BCUT2D eigenvalue weighted by molar-refractivity contribution is 6.34. The Morgan fingerprint density at radius 2 is 1.95 bits per heavy atom. The standard InChI is InChI=1S/C17H16ClNO2/c1-11-3-5-12(6-4-11)9-19-10-13-7-14(21-2)8-15(18)16(13)17(19)20/h3-8H,9-10H2,1-2H3. The third-order valence-electron chi connectivity index (χ3n) is 3.74. The molecule has 0 saturated carbocycles. The predicted molar refractivity (Wildman–Crippen MR) is 82.8 cm³/mol. The van der Waals surface area contributed by atoms with Crippen LogP contribution in [0.4, 0.5) is 0 Å². The van der Waals surface area contributed by atoms with Crippen LogP contribution in [0, 0.1) is 6.92 Å². The minimum Gasteiger partial charge on any atom is -0.497 e. The zero-order valence-electron chi connectivity index (χ0n) is 12.0. The lowest BCUT2D eigenvalue weighted by Crippen LogP contribution is -2.23.